The molecule has 1 N–H and O–H groups in total. The molecule has 2 aromatic rings. The van der Waals surface area contributed by atoms with E-state index in [-0.39, 0.29) is 10.8 Å². The van der Waals surface area contributed by atoms with E-state index >= 15 is 0 Å². The van der Waals surface area contributed by atoms with Gasteiger partial charge in [0.05, 0.1) is 4.90 Å². The first kappa shape index (κ1) is 19.0. The van der Waals surface area contributed by atoms with Gasteiger partial charge in [0.15, 0.2) is 6.10 Å². The Balaban J connectivity index is 2.03. The number of carbonyl (C=O) groups excluding carboxylic acids is 1. The summed E-state index contributed by atoms with van der Waals surface area (Å²) in [5.41, 5.74) is 1.55. The summed E-state index contributed by atoms with van der Waals surface area (Å²) in [5, 5.41) is 2.71. The molecule has 7 heteroatoms. The molecule has 0 aromatic heterocycles. The van der Waals surface area contributed by atoms with Crippen LogP contribution in [0.15, 0.2) is 53.4 Å². The number of hydrogen-bond donors (Lipinski definition) is 1. The van der Waals surface area contributed by atoms with Crippen molar-refractivity contribution in [2.75, 3.05) is 19.4 Å². The smallest absolute Gasteiger partial charge is 0.265 e. The van der Waals surface area contributed by atoms with Gasteiger partial charge in [0, 0.05) is 19.8 Å². The van der Waals surface area contributed by atoms with E-state index in [1.807, 2.05) is 25.1 Å². The normalized spacial score (nSPS) is 12.7. The average molecular weight is 362 g/mol. The van der Waals surface area contributed by atoms with Gasteiger partial charge in [0.2, 0.25) is 10.0 Å². The number of anilines is 1. The van der Waals surface area contributed by atoms with Crippen LogP contribution in [0.1, 0.15) is 12.5 Å². The summed E-state index contributed by atoms with van der Waals surface area (Å²) >= 11 is 0. The highest BCUT2D eigenvalue weighted by Gasteiger charge is 2.18. The summed E-state index contributed by atoms with van der Waals surface area (Å²) in [4.78, 5) is 12.4. The van der Waals surface area contributed by atoms with E-state index in [1.54, 1.807) is 25.1 Å². The van der Waals surface area contributed by atoms with Crippen molar-refractivity contribution < 1.29 is 17.9 Å². The number of carbonyl (C=O) groups is 1. The lowest BCUT2D eigenvalue weighted by Gasteiger charge is -2.15. The van der Waals surface area contributed by atoms with Crippen LogP contribution in [0.5, 0.6) is 5.75 Å². The van der Waals surface area contributed by atoms with E-state index in [1.165, 1.54) is 26.2 Å². The number of aryl methyl sites for hydroxylation is 1. The van der Waals surface area contributed by atoms with Crippen molar-refractivity contribution >= 4 is 21.6 Å². The zero-order chi connectivity index (χ0) is 18.6. The maximum atomic E-state index is 12.2. The maximum Gasteiger partial charge on any atom is 0.265 e. The molecule has 0 spiro atoms. The van der Waals surface area contributed by atoms with Crippen LogP contribution in [-0.4, -0.2) is 38.8 Å². The lowest BCUT2D eigenvalue weighted by atomic mass is 10.2. The largest absolute Gasteiger partial charge is 0.481 e. The summed E-state index contributed by atoms with van der Waals surface area (Å²) in [7, 11) is -0.552. The Labute approximate surface area is 148 Å². The molecule has 0 aliphatic heterocycles. The highest BCUT2D eigenvalue weighted by molar-refractivity contribution is 7.89. The quantitative estimate of drug-likeness (QED) is 0.857. The van der Waals surface area contributed by atoms with E-state index < -0.39 is 16.1 Å². The second-order valence-electron chi connectivity index (χ2n) is 5.88. The second kappa shape index (κ2) is 7.67. The Hall–Kier alpha value is -2.38. The van der Waals surface area contributed by atoms with Crippen LogP contribution >= 0.6 is 0 Å². The zero-order valence-corrected chi connectivity index (χ0v) is 15.5. The predicted molar refractivity (Wildman–Crippen MR) is 97.2 cm³/mol. The summed E-state index contributed by atoms with van der Waals surface area (Å²) in [5.74, 6) is 0.305. The fraction of sp³-hybridized carbons (Fsp3) is 0.278. The van der Waals surface area contributed by atoms with Crippen molar-refractivity contribution in [1.29, 1.82) is 0 Å². The maximum absolute atomic E-state index is 12.2. The van der Waals surface area contributed by atoms with Crippen LogP contribution in [0.3, 0.4) is 0 Å². The van der Waals surface area contributed by atoms with E-state index in [0.29, 0.717) is 11.4 Å². The van der Waals surface area contributed by atoms with Gasteiger partial charge < -0.3 is 10.1 Å². The Bertz CT molecular complexity index is 846. The Kier molecular flexibility index (Phi) is 5.81. The van der Waals surface area contributed by atoms with Crippen molar-refractivity contribution in [3.63, 3.8) is 0 Å². The van der Waals surface area contributed by atoms with Crippen molar-refractivity contribution in [2.24, 2.45) is 0 Å². The monoisotopic (exact) mass is 362 g/mol. The molecule has 0 bridgehead atoms. The number of nitrogens with zero attached hydrogens (tertiary/aromatic N) is 1. The molecule has 0 radical (unpaired) electrons. The fourth-order valence-electron chi connectivity index (χ4n) is 2.11. The number of amides is 1. The van der Waals surface area contributed by atoms with Crippen LogP contribution in [0.4, 0.5) is 5.69 Å². The third-order valence-corrected chi connectivity index (χ3v) is 5.40. The number of ether oxygens (including phenoxy) is 1. The molecule has 0 fully saturated rings. The highest BCUT2D eigenvalue weighted by atomic mass is 32.2. The summed E-state index contributed by atoms with van der Waals surface area (Å²) in [6, 6.07) is 13.5. The first-order chi connectivity index (χ1) is 11.7. The van der Waals surface area contributed by atoms with E-state index in [9.17, 15) is 13.2 Å². The molecule has 0 saturated heterocycles. The van der Waals surface area contributed by atoms with E-state index in [4.69, 9.17) is 4.74 Å². The number of hydrogen-bond acceptors (Lipinski definition) is 4. The first-order valence-electron chi connectivity index (χ1n) is 7.77. The van der Waals surface area contributed by atoms with Crippen LogP contribution in [0, 0.1) is 6.92 Å². The molecule has 25 heavy (non-hydrogen) atoms. The molecule has 2 aromatic carbocycles. The SMILES string of the molecule is Cc1cccc(OC(C)C(=O)Nc2ccc(S(=O)(=O)N(C)C)cc2)c1. The Morgan fingerprint density at radius 1 is 1.12 bits per heavy atom. The van der Waals surface area contributed by atoms with Gasteiger partial charge in [-0.2, -0.15) is 0 Å². The van der Waals surface area contributed by atoms with Crippen LogP contribution in [0.25, 0.3) is 0 Å². The van der Waals surface area contributed by atoms with Crippen molar-refractivity contribution in [1.82, 2.24) is 4.31 Å². The highest BCUT2D eigenvalue weighted by Crippen LogP contribution is 2.18. The molecule has 134 valence electrons. The van der Waals surface area contributed by atoms with Gasteiger partial charge in [-0.1, -0.05) is 12.1 Å². The van der Waals surface area contributed by atoms with Gasteiger partial charge in [-0.15, -0.1) is 0 Å². The summed E-state index contributed by atoms with van der Waals surface area (Å²) in [6.45, 7) is 3.60. The van der Waals surface area contributed by atoms with Gasteiger partial charge in [-0.25, -0.2) is 12.7 Å². The first-order valence-corrected chi connectivity index (χ1v) is 9.21. The van der Waals surface area contributed by atoms with Crippen LogP contribution < -0.4 is 10.1 Å². The molecule has 0 aliphatic rings. The van der Waals surface area contributed by atoms with E-state index in [2.05, 4.69) is 5.32 Å². The van der Waals surface area contributed by atoms with Gasteiger partial charge in [-0.3, -0.25) is 4.79 Å². The topological polar surface area (TPSA) is 75.7 Å². The molecular formula is C18H22N2O4S. The molecule has 2 rings (SSSR count). The standard InChI is InChI=1S/C18H22N2O4S/c1-13-6-5-7-16(12-13)24-14(2)18(21)19-15-8-10-17(11-9-15)25(22,23)20(3)4/h5-12,14H,1-4H3,(H,19,21). The molecule has 0 heterocycles. The third kappa shape index (κ3) is 4.80. The van der Waals surface area contributed by atoms with Crippen LogP contribution in [0.2, 0.25) is 0 Å². The van der Waals surface area contributed by atoms with Gasteiger partial charge >= 0.3 is 0 Å². The minimum absolute atomic E-state index is 0.166. The second-order valence-corrected chi connectivity index (χ2v) is 8.03. The lowest BCUT2D eigenvalue weighted by molar-refractivity contribution is -0.122. The molecule has 1 atom stereocenters. The molecule has 0 saturated carbocycles. The molecule has 0 aliphatic carbocycles. The molecule has 1 amide bonds. The third-order valence-electron chi connectivity index (χ3n) is 3.57. The Morgan fingerprint density at radius 2 is 1.76 bits per heavy atom. The number of sulfonamides is 1. The van der Waals surface area contributed by atoms with Crippen molar-refractivity contribution in [3.8, 4) is 5.75 Å². The van der Waals surface area contributed by atoms with Gasteiger partial charge in [-0.05, 0) is 55.8 Å². The average Bonchev–Trinajstić information content (AvgIpc) is 2.55. The minimum atomic E-state index is -3.49. The molecule has 6 nitrogen and oxygen atoms in total. The van der Waals surface area contributed by atoms with Crippen LogP contribution in [-0.2, 0) is 14.8 Å². The number of rotatable bonds is 6. The lowest BCUT2D eigenvalue weighted by Crippen LogP contribution is -2.30. The van der Waals surface area contributed by atoms with Gasteiger partial charge in [0.25, 0.3) is 5.91 Å². The molecular weight excluding hydrogens is 340 g/mol. The Morgan fingerprint density at radius 3 is 2.32 bits per heavy atom. The number of benzene rings is 2. The van der Waals surface area contributed by atoms with Crippen molar-refractivity contribution in [2.45, 2.75) is 24.8 Å². The molecule has 1 unspecified atom stereocenters. The zero-order valence-electron chi connectivity index (χ0n) is 14.7. The summed E-state index contributed by atoms with van der Waals surface area (Å²) < 4.78 is 30.8. The van der Waals surface area contributed by atoms with Crippen molar-refractivity contribution in [3.05, 3.63) is 54.1 Å². The number of nitrogens with one attached hydrogen (secondary N) is 1. The van der Waals surface area contributed by atoms with E-state index in [0.717, 1.165) is 9.87 Å². The summed E-state index contributed by atoms with van der Waals surface area (Å²) in [6.07, 6.45) is -0.688. The fourth-order valence-corrected chi connectivity index (χ4v) is 3.01. The predicted octanol–water partition coefficient (Wildman–Crippen LogP) is 2.65. The minimum Gasteiger partial charge on any atom is -0.481 e. The van der Waals surface area contributed by atoms with Gasteiger partial charge in [0.1, 0.15) is 5.75 Å².